The van der Waals surface area contributed by atoms with E-state index < -0.39 is 5.60 Å². The van der Waals surface area contributed by atoms with Crippen LogP contribution in [-0.2, 0) is 9.53 Å². The van der Waals surface area contributed by atoms with Gasteiger partial charge in [-0.05, 0) is 66.2 Å². The molecule has 0 fully saturated rings. The Morgan fingerprint density at radius 2 is 1.75 bits per heavy atom. The van der Waals surface area contributed by atoms with Gasteiger partial charge in [-0.1, -0.05) is 61.6 Å². The first-order valence-electron chi connectivity index (χ1n) is 10.6. The average molecular weight is 393 g/mol. The molecule has 1 N–H and O–H groups in total. The maximum atomic E-state index is 10.6. The van der Waals surface area contributed by atoms with E-state index in [2.05, 4.69) is 51.2 Å². The molecule has 0 aromatic heterocycles. The summed E-state index contributed by atoms with van der Waals surface area (Å²) in [7, 11) is 1.39. The maximum Gasteiger partial charge on any atom is 0.330 e. The Morgan fingerprint density at radius 3 is 2.29 bits per heavy atom. The fraction of sp³-hybridized carbons (Fsp3) is 0.640. The van der Waals surface area contributed by atoms with Crippen molar-refractivity contribution in [3.8, 4) is 0 Å². The van der Waals surface area contributed by atoms with Gasteiger partial charge < -0.3 is 9.84 Å². The van der Waals surface area contributed by atoms with E-state index in [1.165, 1.54) is 50.0 Å². The van der Waals surface area contributed by atoms with Gasteiger partial charge in [0.2, 0.25) is 0 Å². The number of allylic oxidation sites excluding steroid dienone is 5. The Morgan fingerprint density at radius 1 is 1.07 bits per heavy atom. The number of hydrogen-bond donors (Lipinski definition) is 1. The molecule has 0 amide bonds. The molecule has 0 aliphatic heterocycles. The van der Waals surface area contributed by atoms with Crippen molar-refractivity contribution >= 4 is 5.97 Å². The van der Waals surface area contributed by atoms with Gasteiger partial charge in [-0.2, -0.15) is 0 Å². The zero-order valence-corrected chi connectivity index (χ0v) is 19.2. The van der Waals surface area contributed by atoms with Gasteiger partial charge in [-0.25, -0.2) is 4.79 Å². The van der Waals surface area contributed by atoms with E-state index in [0.29, 0.717) is 0 Å². The van der Waals surface area contributed by atoms with Crippen LogP contribution < -0.4 is 0 Å². The Labute approximate surface area is 174 Å². The molecule has 0 saturated carbocycles. The smallest absolute Gasteiger partial charge is 0.330 e. The molecule has 0 aliphatic carbocycles. The first kappa shape index (κ1) is 28.6. The summed E-state index contributed by atoms with van der Waals surface area (Å²) in [5, 5.41) is 9.73. The molecule has 3 heteroatoms. The zero-order chi connectivity index (χ0) is 21.8. The van der Waals surface area contributed by atoms with Crippen LogP contribution in [0, 0.1) is 0 Å². The van der Waals surface area contributed by atoms with Gasteiger partial charge in [0.15, 0.2) is 0 Å². The third-order valence-corrected chi connectivity index (χ3v) is 4.35. The monoisotopic (exact) mass is 392 g/mol. The van der Waals surface area contributed by atoms with E-state index in [9.17, 15) is 9.90 Å². The van der Waals surface area contributed by atoms with E-state index >= 15 is 0 Å². The van der Waals surface area contributed by atoms with Crippen molar-refractivity contribution in [3.05, 3.63) is 48.1 Å². The third-order valence-electron chi connectivity index (χ3n) is 4.35. The summed E-state index contributed by atoms with van der Waals surface area (Å²) >= 11 is 0. The van der Waals surface area contributed by atoms with Gasteiger partial charge in [-0.15, -0.1) is 6.58 Å². The van der Waals surface area contributed by atoms with E-state index in [0.717, 1.165) is 32.1 Å². The number of aliphatic hydroxyl groups is 1. The number of carbonyl (C=O) groups is 1. The van der Waals surface area contributed by atoms with Crippen LogP contribution in [0.1, 0.15) is 92.4 Å². The quantitative estimate of drug-likeness (QED) is 0.158. The van der Waals surface area contributed by atoms with Gasteiger partial charge in [0.1, 0.15) is 0 Å². The normalized spacial score (nSPS) is 13.3. The molecule has 1 atom stereocenters. The van der Waals surface area contributed by atoms with Crippen LogP contribution in [0.2, 0.25) is 0 Å². The highest BCUT2D eigenvalue weighted by molar-refractivity contribution is 5.81. The molecule has 0 radical (unpaired) electrons. The largest absolute Gasteiger partial charge is 0.466 e. The van der Waals surface area contributed by atoms with Crippen LogP contribution in [0.5, 0.6) is 0 Å². The third kappa shape index (κ3) is 22.4. The number of ether oxygens (including phenoxy) is 1. The Balaban J connectivity index is 0. The van der Waals surface area contributed by atoms with Crippen LogP contribution >= 0.6 is 0 Å². The van der Waals surface area contributed by atoms with Crippen LogP contribution in [0.15, 0.2) is 48.1 Å². The number of unbranched alkanes of at least 4 members (excludes halogenated alkanes) is 4. The fourth-order valence-corrected chi connectivity index (χ4v) is 2.34. The molecule has 0 aromatic rings. The lowest BCUT2D eigenvalue weighted by molar-refractivity contribution is -0.134. The van der Waals surface area contributed by atoms with Crippen molar-refractivity contribution in [2.75, 3.05) is 7.11 Å². The highest BCUT2D eigenvalue weighted by atomic mass is 16.5. The summed E-state index contributed by atoms with van der Waals surface area (Å²) in [4.78, 5) is 10.6. The minimum atomic E-state index is -0.726. The minimum Gasteiger partial charge on any atom is -0.466 e. The van der Waals surface area contributed by atoms with E-state index in [-0.39, 0.29) is 5.97 Å². The number of esters is 1. The highest BCUT2D eigenvalue weighted by Crippen LogP contribution is 2.15. The zero-order valence-electron chi connectivity index (χ0n) is 19.2. The lowest BCUT2D eigenvalue weighted by atomic mass is 9.99. The molecule has 3 nitrogen and oxygen atoms in total. The van der Waals surface area contributed by atoms with Crippen LogP contribution in [0.4, 0.5) is 0 Å². The number of carbonyl (C=O) groups excluding carboxylic acids is 1. The lowest BCUT2D eigenvalue weighted by Gasteiger charge is -2.16. The summed E-state index contributed by atoms with van der Waals surface area (Å²) in [6.07, 6.45) is 19.3. The van der Waals surface area contributed by atoms with E-state index in [1.54, 1.807) is 13.0 Å². The summed E-state index contributed by atoms with van der Waals surface area (Å²) in [5.74, 6) is -0.259. The second-order valence-corrected chi connectivity index (χ2v) is 7.75. The highest BCUT2D eigenvalue weighted by Gasteiger charge is 2.13. The molecule has 0 aromatic carbocycles. The minimum absolute atomic E-state index is 0.259. The maximum absolute atomic E-state index is 10.6. The van der Waals surface area contributed by atoms with Gasteiger partial charge in [0.25, 0.3) is 0 Å². The standard InChI is InChI=1S/C15H26O.C10H18O2/c1-6-15(5,16)12-8-11-14(4)10-7-9-13(2)3;1-3-4-5-6-7-8-9-10(11)12-2/h6,9,11,16H,1,7-8,10,12H2,2-5H3;8-9H,3-7H2,1-2H3/b14-11+;9-8+. The lowest BCUT2D eigenvalue weighted by Crippen LogP contribution is -2.19. The molecule has 0 aliphatic rings. The SMILES string of the molecule is C=CC(C)(O)CC/C=C(\C)CCC=C(C)C.CCCCCC/C=C/C(=O)OC. The van der Waals surface area contributed by atoms with Crippen LogP contribution in [0.25, 0.3) is 0 Å². The summed E-state index contributed by atoms with van der Waals surface area (Å²) in [6, 6.07) is 0. The molecule has 0 bridgehead atoms. The number of methoxy groups -OCH3 is 1. The predicted molar refractivity (Wildman–Crippen MR) is 122 cm³/mol. The molecular weight excluding hydrogens is 348 g/mol. The van der Waals surface area contributed by atoms with Gasteiger partial charge in [-0.3, -0.25) is 0 Å². The van der Waals surface area contributed by atoms with Crippen molar-refractivity contribution in [2.45, 2.75) is 98.0 Å². The van der Waals surface area contributed by atoms with Crippen LogP contribution in [-0.4, -0.2) is 23.8 Å². The number of rotatable bonds is 13. The first-order chi connectivity index (χ1) is 13.2. The molecule has 0 heterocycles. The Bertz CT molecular complexity index is 492. The average Bonchev–Trinajstić information content (AvgIpc) is 2.64. The summed E-state index contributed by atoms with van der Waals surface area (Å²) < 4.78 is 4.45. The Hall–Kier alpha value is -1.61. The van der Waals surface area contributed by atoms with Gasteiger partial charge >= 0.3 is 5.97 Å². The van der Waals surface area contributed by atoms with Gasteiger partial charge in [0.05, 0.1) is 12.7 Å². The predicted octanol–water partition coefficient (Wildman–Crippen LogP) is 7.08. The fourth-order valence-electron chi connectivity index (χ4n) is 2.34. The summed E-state index contributed by atoms with van der Waals surface area (Å²) in [6.45, 7) is 14.0. The first-order valence-corrected chi connectivity index (χ1v) is 10.6. The topological polar surface area (TPSA) is 46.5 Å². The van der Waals surface area contributed by atoms with Crippen molar-refractivity contribution in [1.82, 2.24) is 0 Å². The van der Waals surface area contributed by atoms with Crippen LogP contribution in [0.3, 0.4) is 0 Å². The van der Waals surface area contributed by atoms with Crippen molar-refractivity contribution in [3.63, 3.8) is 0 Å². The molecule has 0 rings (SSSR count). The molecule has 1 unspecified atom stereocenters. The molecule has 0 spiro atoms. The van der Waals surface area contributed by atoms with Gasteiger partial charge in [0, 0.05) is 6.08 Å². The molecule has 0 saturated heterocycles. The second-order valence-electron chi connectivity index (χ2n) is 7.75. The van der Waals surface area contributed by atoms with Crippen molar-refractivity contribution in [2.24, 2.45) is 0 Å². The number of hydrogen-bond acceptors (Lipinski definition) is 3. The van der Waals surface area contributed by atoms with Crippen molar-refractivity contribution in [1.29, 1.82) is 0 Å². The van der Waals surface area contributed by atoms with Crippen molar-refractivity contribution < 1.29 is 14.6 Å². The summed E-state index contributed by atoms with van der Waals surface area (Å²) in [5.41, 5.74) is 2.05. The molecule has 28 heavy (non-hydrogen) atoms. The van der Waals surface area contributed by atoms with E-state index in [4.69, 9.17) is 0 Å². The molecule has 162 valence electrons. The Kier molecular flexibility index (Phi) is 19.1. The molecular formula is C25H44O3. The second kappa shape index (κ2) is 18.7. The van der Waals surface area contributed by atoms with E-state index in [1.807, 2.05) is 6.08 Å².